The summed E-state index contributed by atoms with van der Waals surface area (Å²) >= 11 is 6.33. The maximum Gasteiger partial charge on any atom is 0.272 e. The van der Waals surface area contributed by atoms with Gasteiger partial charge in [-0.25, -0.2) is 0 Å². The van der Waals surface area contributed by atoms with Gasteiger partial charge in [0.25, 0.3) is 5.91 Å². The zero-order valence-corrected chi connectivity index (χ0v) is 21.1. The van der Waals surface area contributed by atoms with Crippen molar-refractivity contribution in [2.45, 2.75) is 58.9 Å². The Morgan fingerprint density at radius 3 is 2.76 bits per heavy atom. The van der Waals surface area contributed by atoms with Crippen LogP contribution in [0.5, 0.6) is 0 Å². The number of amides is 1. The highest BCUT2D eigenvalue weighted by molar-refractivity contribution is 6.31. The summed E-state index contributed by atoms with van der Waals surface area (Å²) in [5.74, 6) is 2.70. The van der Waals surface area contributed by atoms with Gasteiger partial charge in [0, 0.05) is 23.1 Å². The van der Waals surface area contributed by atoms with Crippen LogP contribution < -0.4 is 5.32 Å². The molecule has 5 aliphatic carbocycles. The molecule has 7 rings (SSSR count). The molecular weight excluding hydrogens is 442 g/mol. The fraction of sp³-hybridized carbons (Fsp3) is 0.517. The first-order valence-corrected chi connectivity index (χ1v) is 13.2. The number of aryl methyl sites for hydroxylation is 1. The summed E-state index contributed by atoms with van der Waals surface area (Å²) in [6, 6.07) is 8.57. The van der Waals surface area contributed by atoms with E-state index in [0.717, 1.165) is 35.4 Å². The number of carbonyl (C=O) groups is 1. The number of hydrogen-bond acceptors (Lipinski definition) is 2. The normalized spacial score (nSPS) is 30.2. The summed E-state index contributed by atoms with van der Waals surface area (Å²) in [6.45, 7) is 8.35. The van der Waals surface area contributed by atoms with Gasteiger partial charge in [-0.3, -0.25) is 9.48 Å². The summed E-state index contributed by atoms with van der Waals surface area (Å²) in [5.41, 5.74) is 5.75. The molecule has 4 nitrogen and oxygen atoms in total. The second-order valence-corrected chi connectivity index (χ2v) is 12.0. The van der Waals surface area contributed by atoms with E-state index in [9.17, 15) is 4.79 Å². The van der Waals surface area contributed by atoms with Crippen molar-refractivity contribution in [3.05, 3.63) is 75.6 Å². The van der Waals surface area contributed by atoms with E-state index < -0.39 is 0 Å². The van der Waals surface area contributed by atoms with Crippen LogP contribution in [0.15, 0.2) is 47.5 Å². The van der Waals surface area contributed by atoms with E-state index in [0.29, 0.717) is 29.5 Å². The molecule has 3 saturated carbocycles. The third-order valence-corrected chi connectivity index (χ3v) is 9.59. The lowest BCUT2D eigenvalue weighted by atomic mass is 9.45. The number of hydrogen-bond donors (Lipinski definition) is 1. The molecule has 5 aliphatic rings. The van der Waals surface area contributed by atoms with Gasteiger partial charge < -0.3 is 5.32 Å². The molecule has 1 aromatic heterocycles. The smallest absolute Gasteiger partial charge is 0.272 e. The van der Waals surface area contributed by atoms with Crippen LogP contribution in [0.4, 0.5) is 0 Å². The summed E-state index contributed by atoms with van der Waals surface area (Å²) < 4.78 is 2.07. The Morgan fingerprint density at radius 1 is 1.24 bits per heavy atom. The SMILES string of the molecule is Cc1ccc(Cn2nc(C(=O)NCC3CCC4CC3C4(C)C)c3c2C2C=CC(Cl)=CC2C3)cc1. The molecule has 5 unspecified atom stereocenters. The minimum Gasteiger partial charge on any atom is -0.350 e. The van der Waals surface area contributed by atoms with E-state index in [-0.39, 0.29) is 11.8 Å². The van der Waals surface area contributed by atoms with Crippen molar-refractivity contribution in [1.82, 2.24) is 15.1 Å². The van der Waals surface area contributed by atoms with Gasteiger partial charge in [-0.05, 0) is 73.3 Å². The fourth-order valence-corrected chi connectivity index (χ4v) is 7.42. The Kier molecular flexibility index (Phi) is 5.29. The van der Waals surface area contributed by atoms with Crippen molar-refractivity contribution >= 4 is 17.5 Å². The van der Waals surface area contributed by atoms with Crippen molar-refractivity contribution in [3.8, 4) is 0 Å². The molecule has 1 aromatic carbocycles. The van der Waals surface area contributed by atoms with Crippen molar-refractivity contribution in [1.29, 1.82) is 0 Å². The largest absolute Gasteiger partial charge is 0.350 e. The van der Waals surface area contributed by atoms with Crippen LogP contribution >= 0.6 is 11.6 Å². The molecule has 2 aromatic rings. The zero-order chi connectivity index (χ0) is 23.6. The molecule has 3 fully saturated rings. The van der Waals surface area contributed by atoms with Crippen LogP contribution in [-0.2, 0) is 13.0 Å². The van der Waals surface area contributed by atoms with Gasteiger partial charge in [0.2, 0.25) is 0 Å². The molecular formula is C29H34ClN3O. The fourth-order valence-electron chi connectivity index (χ4n) is 7.19. The van der Waals surface area contributed by atoms with E-state index in [1.165, 1.54) is 36.1 Å². The molecule has 1 N–H and O–H groups in total. The maximum absolute atomic E-state index is 13.5. The molecule has 1 amide bonds. The molecule has 0 aliphatic heterocycles. The Labute approximate surface area is 207 Å². The first-order chi connectivity index (χ1) is 16.3. The maximum atomic E-state index is 13.5. The van der Waals surface area contributed by atoms with Gasteiger partial charge in [-0.2, -0.15) is 5.10 Å². The lowest BCUT2D eigenvalue weighted by Crippen LogP contribution is -2.54. The molecule has 5 atom stereocenters. The van der Waals surface area contributed by atoms with Crippen molar-refractivity contribution < 1.29 is 4.79 Å². The molecule has 1 heterocycles. The average Bonchev–Trinajstić information content (AvgIpc) is 3.36. The predicted octanol–water partition coefficient (Wildman–Crippen LogP) is 5.99. The Hall–Kier alpha value is -2.33. The highest BCUT2D eigenvalue weighted by Crippen LogP contribution is 2.61. The summed E-state index contributed by atoms with van der Waals surface area (Å²) in [5, 5.41) is 8.98. The van der Waals surface area contributed by atoms with Crippen molar-refractivity contribution in [2.75, 3.05) is 6.54 Å². The number of fused-ring (bicyclic) bond motifs is 5. The topological polar surface area (TPSA) is 46.9 Å². The van der Waals surface area contributed by atoms with E-state index in [1.807, 2.05) is 6.08 Å². The second-order valence-electron chi connectivity index (χ2n) is 11.6. The molecule has 0 radical (unpaired) electrons. The van der Waals surface area contributed by atoms with Crippen LogP contribution in [0.25, 0.3) is 0 Å². The highest BCUT2D eigenvalue weighted by atomic mass is 35.5. The number of nitrogens with zero attached hydrogens (tertiary/aromatic N) is 2. The van der Waals surface area contributed by atoms with Crippen molar-refractivity contribution in [2.24, 2.45) is 29.1 Å². The number of benzene rings is 1. The summed E-state index contributed by atoms with van der Waals surface area (Å²) in [4.78, 5) is 13.5. The number of halogens is 1. The van der Waals surface area contributed by atoms with Gasteiger partial charge in [-0.15, -0.1) is 0 Å². The first-order valence-electron chi connectivity index (χ1n) is 12.8. The van der Waals surface area contributed by atoms with Gasteiger partial charge in [0.15, 0.2) is 5.69 Å². The Bertz CT molecular complexity index is 1190. The molecule has 0 saturated heterocycles. The van der Waals surface area contributed by atoms with Crippen LogP contribution in [0.2, 0.25) is 0 Å². The summed E-state index contributed by atoms with van der Waals surface area (Å²) in [7, 11) is 0. The number of carbonyl (C=O) groups excluding carboxylic acids is 1. The quantitative estimate of drug-likeness (QED) is 0.577. The van der Waals surface area contributed by atoms with Crippen LogP contribution in [0.1, 0.15) is 71.9 Å². The van der Waals surface area contributed by atoms with Crippen LogP contribution in [0, 0.1) is 36.0 Å². The molecule has 0 spiro atoms. The number of rotatable bonds is 5. The lowest BCUT2D eigenvalue weighted by Gasteiger charge is -2.60. The first kappa shape index (κ1) is 22.2. The predicted molar refractivity (Wildman–Crippen MR) is 136 cm³/mol. The van der Waals surface area contributed by atoms with Crippen molar-refractivity contribution in [3.63, 3.8) is 0 Å². The zero-order valence-electron chi connectivity index (χ0n) is 20.4. The van der Waals surface area contributed by atoms with Gasteiger partial charge in [0.1, 0.15) is 0 Å². The number of nitrogens with one attached hydrogen (secondary N) is 1. The monoisotopic (exact) mass is 475 g/mol. The molecule has 2 bridgehead atoms. The average molecular weight is 476 g/mol. The molecule has 178 valence electrons. The lowest BCUT2D eigenvalue weighted by molar-refractivity contribution is -0.103. The third kappa shape index (κ3) is 3.57. The molecule has 34 heavy (non-hydrogen) atoms. The number of aromatic nitrogens is 2. The van der Waals surface area contributed by atoms with Crippen LogP contribution in [0.3, 0.4) is 0 Å². The van der Waals surface area contributed by atoms with E-state index >= 15 is 0 Å². The van der Waals surface area contributed by atoms with Crippen LogP contribution in [-0.4, -0.2) is 22.2 Å². The minimum atomic E-state index is -0.0177. The minimum absolute atomic E-state index is 0.0177. The van der Waals surface area contributed by atoms with E-state index in [4.69, 9.17) is 16.7 Å². The van der Waals surface area contributed by atoms with E-state index in [1.54, 1.807) is 0 Å². The standard InChI is InChI=1S/C29H34ClN3O/c1-17-4-6-18(7-5-17)16-33-27-23-11-10-22(30)12-20(23)13-24(27)26(32-33)28(34)31-15-19-8-9-21-14-25(19)29(21,2)3/h4-7,10-12,19-21,23,25H,8-9,13-16H2,1-3H3,(H,31,34). The Balaban J connectivity index is 1.26. The van der Waals surface area contributed by atoms with E-state index in [2.05, 4.69) is 67.2 Å². The summed E-state index contributed by atoms with van der Waals surface area (Å²) in [6.07, 6.45) is 11.0. The Morgan fingerprint density at radius 2 is 2.03 bits per heavy atom. The highest BCUT2D eigenvalue weighted by Gasteiger charge is 2.54. The number of allylic oxidation sites excluding steroid dienone is 4. The van der Waals surface area contributed by atoms with Gasteiger partial charge in [0.05, 0.1) is 12.2 Å². The molecule has 5 heteroatoms. The van der Waals surface area contributed by atoms with Gasteiger partial charge >= 0.3 is 0 Å². The van der Waals surface area contributed by atoms with Gasteiger partial charge in [-0.1, -0.05) is 67.4 Å². The second kappa shape index (κ2) is 8.12. The third-order valence-electron chi connectivity index (χ3n) is 9.34.